The normalized spacial score (nSPS) is 15.4. The van der Waals surface area contributed by atoms with Crippen LogP contribution in [0.1, 0.15) is 42.3 Å². The van der Waals surface area contributed by atoms with Crippen LogP contribution >= 0.6 is 11.8 Å². The third kappa shape index (κ3) is 6.49. The Bertz CT molecular complexity index is 1080. The molecule has 0 saturated carbocycles. The number of benzene rings is 2. The van der Waals surface area contributed by atoms with E-state index in [4.69, 9.17) is 10.5 Å². The average Bonchev–Trinajstić information content (AvgIpc) is 3.53. The summed E-state index contributed by atoms with van der Waals surface area (Å²) in [6.07, 6.45) is 2.68. The van der Waals surface area contributed by atoms with Gasteiger partial charge in [0.2, 0.25) is 11.8 Å². The van der Waals surface area contributed by atoms with Crippen LogP contribution in [0.15, 0.2) is 65.8 Å². The van der Waals surface area contributed by atoms with Gasteiger partial charge in [-0.2, -0.15) is 0 Å². The molecule has 35 heavy (non-hydrogen) atoms. The standard InChI is InChI=1S/C26H31N5O3S/c1-30(25(19-9-4-2-5-10-19)20-11-6-3-7-12-20)24(33)18-35-26-29-28-23(15-14-22(27)32)31(26)17-21-13-8-16-34-21/h2-7,9-12,21,25H,8,13-18H2,1H3,(H2,27,32). The fourth-order valence-electron chi connectivity index (χ4n) is 4.30. The van der Waals surface area contributed by atoms with Crippen molar-refractivity contribution in [3.63, 3.8) is 0 Å². The zero-order valence-corrected chi connectivity index (χ0v) is 20.7. The van der Waals surface area contributed by atoms with Crippen molar-refractivity contribution in [2.24, 2.45) is 5.73 Å². The van der Waals surface area contributed by atoms with Crippen LogP contribution in [0, 0.1) is 0 Å². The monoisotopic (exact) mass is 493 g/mol. The zero-order valence-electron chi connectivity index (χ0n) is 19.9. The minimum absolute atomic E-state index is 0.0157. The molecule has 8 nitrogen and oxygen atoms in total. The Balaban J connectivity index is 1.49. The summed E-state index contributed by atoms with van der Waals surface area (Å²) in [7, 11) is 1.84. The van der Waals surface area contributed by atoms with Gasteiger partial charge in [0.05, 0.1) is 24.4 Å². The van der Waals surface area contributed by atoms with Gasteiger partial charge in [-0.15, -0.1) is 10.2 Å². The number of rotatable bonds is 11. The number of hydrogen-bond acceptors (Lipinski definition) is 6. The second kappa shape index (κ2) is 12.0. The van der Waals surface area contributed by atoms with E-state index in [1.165, 1.54) is 11.8 Å². The Hall–Kier alpha value is -3.17. The van der Waals surface area contributed by atoms with Gasteiger partial charge >= 0.3 is 0 Å². The van der Waals surface area contributed by atoms with Crippen molar-refractivity contribution >= 4 is 23.6 Å². The number of hydrogen-bond donors (Lipinski definition) is 1. The lowest BCUT2D eigenvalue weighted by atomic mass is 9.97. The molecule has 1 fully saturated rings. The Morgan fingerprint density at radius 3 is 2.34 bits per heavy atom. The number of carbonyl (C=O) groups excluding carboxylic acids is 2. The first-order valence-corrected chi connectivity index (χ1v) is 12.8. The van der Waals surface area contributed by atoms with E-state index in [2.05, 4.69) is 10.2 Å². The number of amides is 2. The van der Waals surface area contributed by atoms with Gasteiger partial charge in [0.15, 0.2) is 5.16 Å². The van der Waals surface area contributed by atoms with E-state index in [0.29, 0.717) is 23.9 Å². The highest BCUT2D eigenvalue weighted by molar-refractivity contribution is 7.99. The molecule has 0 bridgehead atoms. The summed E-state index contributed by atoms with van der Waals surface area (Å²) in [6, 6.07) is 19.9. The van der Waals surface area contributed by atoms with Gasteiger partial charge in [-0.05, 0) is 24.0 Å². The number of aryl methyl sites for hydroxylation is 1. The van der Waals surface area contributed by atoms with Crippen LogP contribution in [0.5, 0.6) is 0 Å². The molecule has 3 aromatic rings. The number of nitrogens with zero attached hydrogens (tertiary/aromatic N) is 4. The van der Waals surface area contributed by atoms with Gasteiger partial charge in [-0.3, -0.25) is 9.59 Å². The van der Waals surface area contributed by atoms with Crippen molar-refractivity contribution in [3.05, 3.63) is 77.6 Å². The first kappa shape index (κ1) is 24.9. The number of carbonyl (C=O) groups is 2. The SMILES string of the molecule is CN(C(=O)CSc1nnc(CCC(N)=O)n1CC1CCCO1)C(c1ccccc1)c1ccccc1. The molecule has 1 saturated heterocycles. The van der Waals surface area contributed by atoms with Gasteiger partial charge in [0.1, 0.15) is 5.82 Å². The summed E-state index contributed by atoms with van der Waals surface area (Å²) in [5.74, 6) is 0.509. The third-order valence-corrected chi connectivity index (χ3v) is 7.09. The summed E-state index contributed by atoms with van der Waals surface area (Å²) < 4.78 is 7.78. The summed E-state index contributed by atoms with van der Waals surface area (Å²) >= 11 is 1.36. The van der Waals surface area contributed by atoms with Gasteiger partial charge in [-0.1, -0.05) is 72.4 Å². The van der Waals surface area contributed by atoms with Crippen LogP contribution in [-0.4, -0.2) is 57.0 Å². The van der Waals surface area contributed by atoms with Gasteiger partial charge < -0.3 is 19.9 Å². The van der Waals surface area contributed by atoms with E-state index in [1.54, 1.807) is 4.90 Å². The Morgan fingerprint density at radius 2 is 1.77 bits per heavy atom. The van der Waals surface area contributed by atoms with E-state index < -0.39 is 0 Å². The Labute approximate surface area is 209 Å². The number of aromatic nitrogens is 3. The molecular formula is C26H31N5O3S. The van der Waals surface area contributed by atoms with Crippen LogP contribution in [0.2, 0.25) is 0 Å². The maximum atomic E-state index is 13.3. The topological polar surface area (TPSA) is 103 Å². The molecule has 1 unspecified atom stereocenters. The van der Waals surface area contributed by atoms with E-state index in [9.17, 15) is 9.59 Å². The van der Waals surface area contributed by atoms with Crippen molar-refractivity contribution in [1.82, 2.24) is 19.7 Å². The number of thioether (sulfide) groups is 1. The lowest BCUT2D eigenvalue weighted by molar-refractivity contribution is -0.128. The molecule has 2 amide bonds. The van der Waals surface area contributed by atoms with E-state index in [0.717, 1.165) is 30.6 Å². The van der Waals surface area contributed by atoms with E-state index >= 15 is 0 Å². The summed E-state index contributed by atoms with van der Waals surface area (Å²) in [4.78, 5) is 26.4. The van der Waals surface area contributed by atoms with Gasteiger partial charge in [0, 0.05) is 26.5 Å². The molecular weight excluding hydrogens is 462 g/mol. The van der Waals surface area contributed by atoms with Crippen molar-refractivity contribution in [2.75, 3.05) is 19.4 Å². The molecule has 0 spiro atoms. The molecule has 1 aliphatic rings. The first-order chi connectivity index (χ1) is 17.0. The molecule has 0 radical (unpaired) electrons. The highest BCUT2D eigenvalue weighted by Gasteiger charge is 2.25. The largest absolute Gasteiger partial charge is 0.376 e. The van der Waals surface area contributed by atoms with E-state index in [-0.39, 0.29) is 36.1 Å². The van der Waals surface area contributed by atoms with Crippen LogP contribution in [0.25, 0.3) is 0 Å². The fourth-order valence-corrected chi connectivity index (χ4v) is 5.19. The minimum atomic E-state index is -0.379. The molecule has 184 valence electrons. The summed E-state index contributed by atoms with van der Waals surface area (Å²) in [5, 5.41) is 9.26. The van der Waals surface area contributed by atoms with Crippen LogP contribution in [-0.2, 0) is 27.3 Å². The van der Waals surface area contributed by atoms with Crippen LogP contribution in [0.4, 0.5) is 0 Å². The minimum Gasteiger partial charge on any atom is -0.376 e. The molecule has 4 rings (SSSR count). The molecule has 2 heterocycles. The highest BCUT2D eigenvalue weighted by Crippen LogP contribution is 2.29. The second-order valence-electron chi connectivity index (χ2n) is 8.63. The quantitative estimate of drug-likeness (QED) is 0.412. The lowest BCUT2D eigenvalue weighted by Crippen LogP contribution is -2.33. The third-order valence-electron chi connectivity index (χ3n) is 6.13. The molecule has 1 aromatic heterocycles. The smallest absolute Gasteiger partial charge is 0.233 e. The van der Waals surface area contributed by atoms with Crippen molar-refractivity contribution < 1.29 is 14.3 Å². The van der Waals surface area contributed by atoms with Crippen LogP contribution < -0.4 is 5.73 Å². The van der Waals surface area contributed by atoms with Crippen molar-refractivity contribution in [3.8, 4) is 0 Å². The van der Waals surface area contributed by atoms with Gasteiger partial charge in [0.25, 0.3) is 0 Å². The van der Waals surface area contributed by atoms with E-state index in [1.807, 2.05) is 72.3 Å². The van der Waals surface area contributed by atoms with Crippen molar-refractivity contribution in [1.29, 1.82) is 0 Å². The maximum Gasteiger partial charge on any atom is 0.233 e. The van der Waals surface area contributed by atoms with Gasteiger partial charge in [-0.25, -0.2) is 0 Å². The molecule has 9 heteroatoms. The predicted octanol–water partition coefficient (Wildman–Crippen LogP) is 3.22. The highest BCUT2D eigenvalue weighted by atomic mass is 32.2. The molecule has 1 atom stereocenters. The molecule has 0 aliphatic carbocycles. The maximum absolute atomic E-state index is 13.3. The molecule has 2 aromatic carbocycles. The van der Waals surface area contributed by atoms with Crippen molar-refractivity contribution in [2.45, 2.75) is 49.5 Å². The first-order valence-electron chi connectivity index (χ1n) is 11.8. The van der Waals surface area contributed by atoms with Crippen LogP contribution in [0.3, 0.4) is 0 Å². The Kier molecular flexibility index (Phi) is 8.54. The lowest BCUT2D eigenvalue weighted by Gasteiger charge is -2.29. The zero-order chi connectivity index (χ0) is 24.6. The molecule has 2 N–H and O–H groups in total. The number of nitrogens with two attached hydrogens (primary N) is 1. The predicted molar refractivity (Wildman–Crippen MR) is 135 cm³/mol. The number of primary amides is 1. The molecule has 1 aliphatic heterocycles. The summed E-state index contributed by atoms with van der Waals surface area (Å²) in [6.45, 7) is 1.35. The second-order valence-corrected chi connectivity index (χ2v) is 9.57. The number of ether oxygens (including phenoxy) is 1. The summed E-state index contributed by atoms with van der Waals surface area (Å²) in [5.41, 5.74) is 7.44. The average molecular weight is 494 g/mol. The Morgan fingerprint density at radius 1 is 1.11 bits per heavy atom. The fraction of sp³-hybridized carbons (Fsp3) is 0.385.